The number of carbonyl (C=O) groups excluding carboxylic acids is 1. The highest BCUT2D eigenvalue weighted by atomic mass is 19.1. The molecule has 3 aromatic rings. The zero-order valence-corrected chi connectivity index (χ0v) is 18.3. The zero-order chi connectivity index (χ0) is 22.2. The molecule has 4 nitrogen and oxygen atoms in total. The molecule has 0 radical (unpaired) electrons. The Morgan fingerprint density at radius 3 is 2.25 bits per heavy atom. The summed E-state index contributed by atoms with van der Waals surface area (Å²) in [6, 6.07) is 24.2. The lowest BCUT2D eigenvalue weighted by atomic mass is 10.1. The van der Waals surface area contributed by atoms with E-state index < -0.39 is 0 Å². The van der Waals surface area contributed by atoms with Crippen molar-refractivity contribution in [2.75, 3.05) is 32.7 Å². The molecule has 0 atom stereocenters. The van der Waals surface area contributed by atoms with Gasteiger partial charge >= 0.3 is 0 Å². The lowest BCUT2D eigenvalue weighted by Gasteiger charge is -2.34. The van der Waals surface area contributed by atoms with Crippen molar-refractivity contribution in [3.05, 3.63) is 95.8 Å². The van der Waals surface area contributed by atoms with Crippen LogP contribution in [-0.2, 0) is 17.6 Å². The molecule has 0 aliphatic carbocycles. The van der Waals surface area contributed by atoms with Gasteiger partial charge in [-0.3, -0.25) is 9.69 Å². The van der Waals surface area contributed by atoms with Crippen LogP contribution in [0.5, 0.6) is 11.5 Å². The van der Waals surface area contributed by atoms with Crippen LogP contribution in [0.3, 0.4) is 0 Å². The van der Waals surface area contributed by atoms with E-state index in [2.05, 4.69) is 29.2 Å². The fraction of sp³-hybridized carbons (Fsp3) is 0.296. The predicted molar refractivity (Wildman–Crippen MR) is 124 cm³/mol. The van der Waals surface area contributed by atoms with E-state index in [4.69, 9.17) is 4.74 Å². The van der Waals surface area contributed by atoms with Crippen molar-refractivity contribution in [2.24, 2.45) is 0 Å². The highest BCUT2D eigenvalue weighted by molar-refractivity contribution is 5.76. The Morgan fingerprint density at radius 2 is 1.50 bits per heavy atom. The maximum absolute atomic E-state index is 13.1. The minimum Gasteiger partial charge on any atom is -0.457 e. The summed E-state index contributed by atoms with van der Waals surface area (Å²) in [5.41, 5.74) is 2.41. The molecule has 4 rings (SSSR count). The number of benzene rings is 3. The molecule has 166 valence electrons. The van der Waals surface area contributed by atoms with E-state index in [1.807, 2.05) is 35.2 Å². The first-order chi connectivity index (χ1) is 15.7. The second-order valence-electron chi connectivity index (χ2n) is 8.16. The van der Waals surface area contributed by atoms with Gasteiger partial charge in [0.05, 0.1) is 0 Å². The molecule has 0 bridgehead atoms. The second-order valence-corrected chi connectivity index (χ2v) is 8.16. The summed E-state index contributed by atoms with van der Waals surface area (Å²) in [6.45, 7) is 4.48. The van der Waals surface area contributed by atoms with Gasteiger partial charge in [-0.1, -0.05) is 42.5 Å². The van der Waals surface area contributed by atoms with Gasteiger partial charge in [0, 0.05) is 39.1 Å². The number of carbonyl (C=O) groups is 1. The summed E-state index contributed by atoms with van der Waals surface area (Å²) in [4.78, 5) is 17.1. The van der Waals surface area contributed by atoms with Crippen LogP contribution in [0.4, 0.5) is 4.39 Å². The quantitative estimate of drug-likeness (QED) is 0.506. The molecule has 1 amide bonds. The number of hydrogen-bond acceptors (Lipinski definition) is 3. The van der Waals surface area contributed by atoms with Crippen LogP contribution in [0.2, 0.25) is 0 Å². The zero-order valence-electron chi connectivity index (χ0n) is 18.3. The van der Waals surface area contributed by atoms with Crippen LogP contribution in [0.25, 0.3) is 0 Å². The summed E-state index contributed by atoms with van der Waals surface area (Å²) < 4.78 is 18.9. The Kier molecular flexibility index (Phi) is 7.51. The fourth-order valence-electron chi connectivity index (χ4n) is 3.97. The first kappa shape index (κ1) is 22.0. The molecule has 5 heteroatoms. The summed E-state index contributed by atoms with van der Waals surface area (Å²) in [6.07, 6.45) is 2.21. The SMILES string of the molecule is O=C(CCc1cccc(Oc2ccc(F)cc2)c1)N1CCN(CCc2ccccc2)CC1. The molecular formula is C27H29FN2O2. The summed E-state index contributed by atoms with van der Waals surface area (Å²) in [5.74, 6) is 1.19. The van der Waals surface area contributed by atoms with Crippen molar-refractivity contribution in [3.8, 4) is 11.5 Å². The maximum atomic E-state index is 13.1. The van der Waals surface area contributed by atoms with Crippen LogP contribution in [0.15, 0.2) is 78.9 Å². The third-order valence-corrected chi connectivity index (χ3v) is 5.86. The van der Waals surface area contributed by atoms with E-state index in [0.29, 0.717) is 24.3 Å². The normalized spacial score (nSPS) is 14.3. The Hall–Kier alpha value is -3.18. The van der Waals surface area contributed by atoms with Gasteiger partial charge in [0.25, 0.3) is 0 Å². The molecule has 32 heavy (non-hydrogen) atoms. The number of aryl methyl sites for hydroxylation is 1. The first-order valence-electron chi connectivity index (χ1n) is 11.2. The number of amides is 1. The maximum Gasteiger partial charge on any atom is 0.222 e. The largest absolute Gasteiger partial charge is 0.457 e. The lowest BCUT2D eigenvalue weighted by molar-refractivity contribution is -0.132. The Bertz CT molecular complexity index is 1000. The average molecular weight is 433 g/mol. The second kappa shape index (κ2) is 10.9. The van der Waals surface area contributed by atoms with Crippen LogP contribution in [0.1, 0.15) is 17.5 Å². The van der Waals surface area contributed by atoms with Gasteiger partial charge in [0.1, 0.15) is 17.3 Å². The van der Waals surface area contributed by atoms with Crippen molar-refractivity contribution in [1.29, 1.82) is 0 Å². The molecular weight excluding hydrogens is 403 g/mol. The number of ether oxygens (including phenoxy) is 1. The Labute approximate surface area is 189 Å². The van der Waals surface area contributed by atoms with Crippen molar-refractivity contribution in [2.45, 2.75) is 19.3 Å². The molecule has 1 aliphatic rings. The molecule has 1 heterocycles. The fourth-order valence-corrected chi connectivity index (χ4v) is 3.97. The third-order valence-electron chi connectivity index (χ3n) is 5.86. The van der Waals surface area contributed by atoms with Gasteiger partial charge in [-0.15, -0.1) is 0 Å². The molecule has 0 aromatic heterocycles. The van der Waals surface area contributed by atoms with Crippen molar-refractivity contribution in [1.82, 2.24) is 9.80 Å². The monoisotopic (exact) mass is 432 g/mol. The van der Waals surface area contributed by atoms with Gasteiger partial charge in [-0.25, -0.2) is 4.39 Å². The Balaban J connectivity index is 1.21. The summed E-state index contributed by atoms with van der Waals surface area (Å²) >= 11 is 0. The molecule has 1 saturated heterocycles. The van der Waals surface area contributed by atoms with E-state index >= 15 is 0 Å². The Morgan fingerprint density at radius 1 is 0.781 bits per heavy atom. The molecule has 3 aromatic carbocycles. The van der Waals surface area contributed by atoms with Crippen molar-refractivity contribution >= 4 is 5.91 Å². The summed E-state index contributed by atoms with van der Waals surface area (Å²) in [7, 11) is 0. The van der Waals surface area contributed by atoms with E-state index in [1.54, 1.807) is 12.1 Å². The van der Waals surface area contributed by atoms with E-state index in [-0.39, 0.29) is 11.7 Å². The number of nitrogens with zero attached hydrogens (tertiary/aromatic N) is 2. The van der Waals surface area contributed by atoms with E-state index in [1.165, 1.54) is 17.7 Å². The van der Waals surface area contributed by atoms with Crippen LogP contribution >= 0.6 is 0 Å². The van der Waals surface area contributed by atoms with E-state index in [0.717, 1.165) is 44.7 Å². The van der Waals surface area contributed by atoms with Gasteiger partial charge in [0.15, 0.2) is 0 Å². The van der Waals surface area contributed by atoms with Gasteiger partial charge < -0.3 is 9.64 Å². The molecule has 0 spiro atoms. The van der Waals surface area contributed by atoms with Crippen molar-refractivity contribution < 1.29 is 13.9 Å². The number of hydrogen-bond donors (Lipinski definition) is 0. The highest BCUT2D eigenvalue weighted by Crippen LogP contribution is 2.23. The smallest absolute Gasteiger partial charge is 0.222 e. The van der Waals surface area contributed by atoms with Crippen LogP contribution < -0.4 is 4.74 Å². The number of rotatable bonds is 8. The van der Waals surface area contributed by atoms with Gasteiger partial charge in [0.2, 0.25) is 5.91 Å². The molecule has 1 aliphatic heterocycles. The molecule has 0 N–H and O–H groups in total. The molecule has 0 saturated carbocycles. The molecule has 0 unspecified atom stereocenters. The van der Waals surface area contributed by atoms with Crippen LogP contribution in [0, 0.1) is 5.82 Å². The number of halogens is 1. The topological polar surface area (TPSA) is 32.8 Å². The van der Waals surface area contributed by atoms with Crippen molar-refractivity contribution in [3.63, 3.8) is 0 Å². The highest BCUT2D eigenvalue weighted by Gasteiger charge is 2.20. The first-order valence-corrected chi connectivity index (χ1v) is 11.2. The van der Waals surface area contributed by atoms with Gasteiger partial charge in [-0.2, -0.15) is 0 Å². The summed E-state index contributed by atoms with van der Waals surface area (Å²) in [5, 5.41) is 0. The third kappa shape index (κ3) is 6.41. The predicted octanol–water partition coefficient (Wildman–Crippen LogP) is 4.94. The minimum absolute atomic E-state index is 0.206. The van der Waals surface area contributed by atoms with Crippen LogP contribution in [-0.4, -0.2) is 48.4 Å². The minimum atomic E-state index is -0.290. The standard InChI is InChI=1S/C27H29FN2O2/c28-24-10-12-25(13-11-24)32-26-8-4-7-23(21-26)9-14-27(31)30-19-17-29(18-20-30)16-15-22-5-2-1-3-6-22/h1-8,10-13,21H,9,14-20H2. The number of piperazine rings is 1. The molecule has 1 fully saturated rings. The van der Waals surface area contributed by atoms with Gasteiger partial charge in [-0.05, 0) is 60.4 Å². The van der Waals surface area contributed by atoms with E-state index in [9.17, 15) is 9.18 Å². The average Bonchev–Trinajstić information content (AvgIpc) is 2.84. The lowest BCUT2D eigenvalue weighted by Crippen LogP contribution is -2.49.